The molecule has 3 aromatic heterocycles. The largest absolute Gasteiger partial charge is 0.477 e. The standard InChI is InChI=1S/C17H10N4O3/c22-17(23)13-8-11(3-4-19-13)16-21-12-7-10(1-2-15(12)24-16)14-9-18-5-6-20-14/h1-9H,(H,22,23). The SMILES string of the molecule is O=C(O)c1cc(-c2nc3cc(-c4cnccn4)ccc3o2)ccn1. The molecule has 0 aliphatic heterocycles. The van der Waals surface area contributed by atoms with Gasteiger partial charge in [-0.2, -0.15) is 0 Å². The van der Waals surface area contributed by atoms with Gasteiger partial charge in [0, 0.05) is 29.7 Å². The Balaban J connectivity index is 1.79. The molecule has 4 rings (SSSR count). The summed E-state index contributed by atoms with van der Waals surface area (Å²) in [6.07, 6.45) is 6.32. The summed E-state index contributed by atoms with van der Waals surface area (Å²) >= 11 is 0. The van der Waals surface area contributed by atoms with Crippen molar-refractivity contribution < 1.29 is 14.3 Å². The second kappa shape index (κ2) is 5.54. The van der Waals surface area contributed by atoms with E-state index in [-0.39, 0.29) is 5.69 Å². The lowest BCUT2D eigenvalue weighted by molar-refractivity contribution is 0.0690. The van der Waals surface area contributed by atoms with Gasteiger partial charge in [-0.05, 0) is 30.3 Å². The monoisotopic (exact) mass is 318 g/mol. The van der Waals surface area contributed by atoms with Crippen LogP contribution in [0.25, 0.3) is 33.8 Å². The van der Waals surface area contributed by atoms with Gasteiger partial charge in [-0.15, -0.1) is 0 Å². The minimum atomic E-state index is -1.10. The summed E-state index contributed by atoms with van der Waals surface area (Å²) in [6, 6.07) is 8.61. The molecule has 0 saturated heterocycles. The van der Waals surface area contributed by atoms with Crippen LogP contribution in [0.3, 0.4) is 0 Å². The van der Waals surface area contributed by atoms with E-state index in [9.17, 15) is 4.79 Å². The molecular formula is C17H10N4O3. The molecule has 0 aliphatic rings. The summed E-state index contributed by atoms with van der Waals surface area (Å²) in [4.78, 5) is 27.6. The molecule has 0 unspecified atom stereocenters. The van der Waals surface area contributed by atoms with Gasteiger partial charge in [0.25, 0.3) is 0 Å². The number of aromatic nitrogens is 4. The Labute approximate surface area is 135 Å². The summed E-state index contributed by atoms with van der Waals surface area (Å²) in [5.41, 5.74) is 3.36. The Morgan fingerprint density at radius 1 is 1.00 bits per heavy atom. The normalized spacial score (nSPS) is 10.8. The number of carboxylic acids is 1. The zero-order chi connectivity index (χ0) is 16.5. The van der Waals surface area contributed by atoms with E-state index in [0.717, 1.165) is 11.3 Å². The van der Waals surface area contributed by atoms with Crippen molar-refractivity contribution >= 4 is 17.1 Å². The Kier molecular flexibility index (Phi) is 3.24. The van der Waals surface area contributed by atoms with Crippen molar-refractivity contribution in [2.75, 3.05) is 0 Å². The Morgan fingerprint density at radius 2 is 1.92 bits per heavy atom. The molecule has 0 spiro atoms. The fourth-order valence-corrected chi connectivity index (χ4v) is 2.34. The third kappa shape index (κ3) is 2.48. The van der Waals surface area contributed by atoms with Gasteiger partial charge in [0.05, 0.1) is 11.9 Å². The molecule has 7 nitrogen and oxygen atoms in total. The molecule has 0 saturated carbocycles. The highest BCUT2D eigenvalue weighted by atomic mass is 16.4. The highest BCUT2D eigenvalue weighted by Crippen LogP contribution is 2.27. The summed E-state index contributed by atoms with van der Waals surface area (Å²) < 4.78 is 5.71. The van der Waals surface area contributed by atoms with Crippen LogP contribution in [0.1, 0.15) is 10.5 Å². The summed E-state index contributed by atoms with van der Waals surface area (Å²) in [7, 11) is 0. The quantitative estimate of drug-likeness (QED) is 0.619. The number of rotatable bonds is 3. The highest BCUT2D eigenvalue weighted by Gasteiger charge is 2.12. The molecule has 0 amide bonds. The van der Waals surface area contributed by atoms with Crippen molar-refractivity contribution in [1.29, 1.82) is 0 Å². The van der Waals surface area contributed by atoms with Gasteiger partial charge >= 0.3 is 5.97 Å². The molecule has 1 N–H and O–H groups in total. The van der Waals surface area contributed by atoms with Gasteiger partial charge in [0.2, 0.25) is 5.89 Å². The van der Waals surface area contributed by atoms with Crippen LogP contribution in [0.4, 0.5) is 0 Å². The molecule has 0 radical (unpaired) electrons. The van der Waals surface area contributed by atoms with Crippen LogP contribution in [-0.4, -0.2) is 31.0 Å². The number of pyridine rings is 1. The number of benzene rings is 1. The van der Waals surface area contributed by atoms with Crippen molar-refractivity contribution in [3.05, 3.63) is 60.8 Å². The van der Waals surface area contributed by atoms with E-state index in [2.05, 4.69) is 19.9 Å². The van der Waals surface area contributed by atoms with E-state index >= 15 is 0 Å². The fraction of sp³-hybridized carbons (Fsp3) is 0. The number of nitrogens with zero attached hydrogens (tertiary/aromatic N) is 4. The number of hydrogen-bond donors (Lipinski definition) is 1. The van der Waals surface area contributed by atoms with Crippen LogP contribution >= 0.6 is 0 Å². The lowest BCUT2D eigenvalue weighted by Crippen LogP contribution is -1.99. The number of fused-ring (bicyclic) bond motifs is 1. The Bertz CT molecular complexity index is 1040. The van der Waals surface area contributed by atoms with Crippen LogP contribution in [0.5, 0.6) is 0 Å². The molecule has 0 fully saturated rings. The second-order valence-corrected chi connectivity index (χ2v) is 5.03. The van der Waals surface area contributed by atoms with Gasteiger partial charge in [0.1, 0.15) is 11.2 Å². The molecule has 0 atom stereocenters. The van der Waals surface area contributed by atoms with Gasteiger partial charge in [-0.25, -0.2) is 14.8 Å². The van der Waals surface area contributed by atoms with Crippen molar-refractivity contribution in [3.63, 3.8) is 0 Å². The Morgan fingerprint density at radius 3 is 2.71 bits per heavy atom. The molecule has 3 heterocycles. The average molecular weight is 318 g/mol. The first kappa shape index (κ1) is 14.0. The maximum Gasteiger partial charge on any atom is 0.354 e. The molecule has 116 valence electrons. The van der Waals surface area contributed by atoms with Crippen LogP contribution in [0, 0.1) is 0 Å². The first-order valence-electron chi connectivity index (χ1n) is 7.07. The molecular weight excluding hydrogens is 308 g/mol. The van der Waals surface area contributed by atoms with Crippen LogP contribution in [0.2, 0.25) is 0 Å². The number of oxazole rings is 1. The third-order valence-electron chi connectivity index (χ3n) is 3.47. The second-order valence-electron chi connectivity index (χ2n) is 5.03. The molecule has 7 heteroatoms. The predicted octanol–water partition coefficient (Wildman–Crippen LogP) is 3.05. The first-order valence-corrected chi connectivity index (χ1v) is 7.07. The molecule has 0 aliphatic carbocycles. The molecule has 1 aromatic carbocycles. The summed E-state index contributed by atoms with van der Waals surface area (Å²) in [5, 5.41) is 9.03. The van der Waals surface area contributed by atoms with Crippen LogP contribution in [0.15, 0.2) is 59.5 Å². The fourth-order valence-electron chi connectivity index (χ4n) is 2.34. The molecule has 24 heavy (non-hydrogen) atoms. The van der Waals surface area contributed by atoms with E-state index < -0.39 is 5.97 Å². The number of carbonyl (C=O) groups is 1. The maximum atomic E-state index is 11.0. The smallest absolute Gasteiger partial charge is 0.354 e. The first-order chi connectivity index (χ1) is 11.7. The van der Waals surface area contributed by atoms with Gasteiger partial charge in [-0.3, -0.25) is 9.97 Å². The minimum Gasteiger partial charge on any atom is -0.477 e. The maximum absolute atomic E-state index is 11.0. The van der Waals surface area contributed by atoms with Crippen molar-refractivity contribution in [2.24, 2.45) is 0 Å². The van der Waals surface area contributed by atoms with Crippen molar-refractivity contribution in [3.8, 4) is 22.7 Å². The van der Waals surface area contributed by atoms with E-state index in [0.29, 0.717) is 22.6 Å². The van der Waals surface area contributed by atoms with Crippen molar-refractivity contribution in [1.82, 2.24) is 19.9 Å². The van der Waals surface area contributed by atoms with E-state index in [1.54, 1.807) is 30.7 Å². The summed E-state index contributed by atoms with van der Waals surface area (Å²) in [6.45, 7) is 0. The molecule has 4 aromatic rings. The van der Waals surface area contributed by atoms with E-state index in [4.69, 9.17) is 9.52 Å². The van der Waals surface area contributed by atoms with Crippen LogP contribution < -0.4 is 0 Å². The topological polar surface area (TPSA) is 102 Å². The molecule has 0 bridgehead atoms. The Hall–Kier alpha value is -3.61. The van der Waals surface area contributed by atoms with E-state index in [1.807, 2.05) is 12.1 Å². The van der Waals surface area contributed by atoms with Gasteiger partial charge in [0.15, 0.2) is 5.58 Å². The predicted molar refractivity (Wildman–Crippen MR) is 85.2 cm³/mol. The number of carboxylic acid groups (broad SMARTS) is 1. The third-order valence-corrected chi connectivity index (χ3v) is 3.47. The minimum absolute atomic E-state index is 0.0602. The number of aromatic carboxylic acids is 1. The number of hydrogen-bond acceptors (Lipinski definition) is 6. The average Bonchev–Trinajstić information content (AvgIpc) is 3.06. The van der Waals surface area contributed by atoms with Gasteiger partial charge in [-0.1, -0.05) is 0 Å². The van der Waals surface area contributed by atoms with Crippen molar-refractivity contribution in [2.45, 2.75) is 0 Å². The van der Waals surface area contributed by atoms with E-state index in [1.165, 1.54) is 12.3 Å². The van der Waals surface area contributed by atoms with Crippen LogP contribution in [-0.2, 0) is 0 Å². The lowest BCUT2D eigenvalue weighted by atomic mass is 10.1. The lowest BCUT2D eigenvalue weighted by Gasteiger charge is -1.97. The zero-order valence-electron chi connectivity index (χ0n) is 12.2. The highest BCUT2D eigenvalue weighted by molar-refractivity contribution is 5.87. The zero-order valence-corrected chi connectivity index (χ0v) is 12.2. The summed E-state index contributed by atoms with van der Waals surface area (Å²) in [5.74, 6) is -0.760. The van der Waals surface area contributed by atoms with Gasteiger partial charge < -0.3 is 9.52 Å².